The summed E-state index contributed by atoms with van der Waals surface area (Å²) in [4.78, 5) is 2.58. The number of likely N-dealkylation sites (tertiary alicyclic amines) is 1. The summed E-state index contributed by atoms with van der Waals surface area (Å²) in [5.41, 5.74) is 8.13. The van der Waals surface area contributed by atoms with Crippen molar-refractivity contribution in [3.05, 3.63) is 29.8 Å². The van der Waals surface area contributed by atoms with Crippen molar-refractivity contribution in [3.8, 4) is 5.75 Å². The Morgan fingerprint density at radius 1 is 1.38 bits per heavy atom. The topological polar surface area (TPSA) is 38.5 Å². The third-order valence-corrected chi connectivity index (χ3v) is 4.64. The molecule has 1 aliphatic heterocycles. The smallest absolute Gasteiger partial charge is 0.119 e. The number of ether oxygens (including phenoxy) is 1. The van der Waals surface area contributed by atoms with Gasteiger partial charge in [-0.25, -0.2) is 0 Å². The minimum atomic E-state index is 0.158. The molecule has 3 heteroatoms. The Bertz CT molecular complexity index is 458. The van der Waals surface area contributed by atoms with E-state index in [1.54, 1.807) is 7.11 Å². The van der Waals surface area contributed by atoms with Gasteiger partial charge in [0.25, 0.3) is 0 Å². The summed E-state index contributed by atoms with van der Waals surface area (Å²) in [7, 11) is 1.72. The molecule has 1 saturated heterocycles. The van der Waals surface area contributed by atoms with E-state index in [0.29, 0.717) is 5.41 Å². The summed E-state index contributed by atoms with van der Waals surface area (Å²) in [6.07, 6.45) is 3.54. The lowest BCUT2D eigenvalue weighted by Crippen LogP contribution is -2.47. The monoisotopic (exact) mass is 290 g/mol. The van der Waals surface area contributed by atoms with Gasteiger partial charge in [0.2, 0.25) is 0 Å². The highest BCUT2D eigenvalue weighted by atomic mass is 16.5. The fraction of sp³-hybridized carbons (Fsp3) is 0.667. The molecule has 2 N–H and O–H groups in total. The van der Waals surface area contributed by atoms with E-state index in [2.05, 4.69) is 43.9 Å². The lowest BCUT2D eigenvalue weighted by atomic mass is 9.82. The first kappa shape index (κ1) is 16.3. The quantitative estimate of drug-likeness (QED) is 0.900. The summed E-state index contributed by atoms with van der Waals surface area (Å²) < 4.78 is 5.39. The van der Waals surface area contributed by atoms with Crippen molar-refractivity contribution in [1.82, 2.24) is 4.90 Å². The van der Waals surface area contributed by atoms with Gasteiger partial charge in [-0.15, -0.1) is 0 Å². The van der Waals surface area contributed by atoms with Gasteiger partial charge in [-0.2, -0.15) is 0 Å². The molecular formula is C18H30N2O. The third kappa shape index (κ3) is 3.98. The summed E-state index contributed by atoms with van der Waals surface area (Å²) in [5, 5.41) is 0. The summed E-state index contributed by atoms with van der Waals surface area (Å²) >= 11 is 0. The largest absolute Gasteiger partial charge is 0.497 e. The van der Waals surface area contributed by atoms with Gasteiger partial charge in [0, 0.05) is 12.6 Å². The molecule has 0 amide bonds. The molecule has 118 valence electrons. The van der Waals surface area contributed by atoms with Gasteiger partial charge in [0.1, 0.15) is 5.75 Å². The molecule has 2 unspecified atom stereocenters. The first-order chi connectivity index (χ1) is 9.96. The maximum atomic E-state index is 6.48. The molecule has 1 heterocycles. The molecule has 0 saturated carbocycles. The van der Waals surface area contributed by atoms with Gasteiger partial charge in [0.15, 0.2) is 0 Å². The van der Waals surface area contributed by atoms with Crippen LogP contribution >= 0.6 is 0 Å². The fourth-order valence-corrected chi connectivity index (χ4v) is 3.48. The lowest BCUT2D eigenvalue weighted by Gasteiger charge is -2.44. The van der Waals surface area contributed by atoms with Crippen molar-refractivity contribution < 1.29 is 4.74 Å². The maximum absolute atomic E-state index is 6.48. The first-order valence-corrected chi connectivity index (χ1v) is 8.10. The van der Waals surface area contributed by atoms with E-state index in [1.807, 2.05) is 6.07 Å². The molecule has 0 spiro atoms. The second-order valence-electron chi connectivity index (χ2n) is 7.03. The van der Waals surface area contributed by atoms with Crippen LogP contribution in [0.2, 0.25) is 0 Å². The Kier molecular flexibility index (Phi) is 5.28. The van der Waals surface area contributed by atoms with Crippen molar-refractivity contribution >= 4 is 0 Å². The number of piperidine rings is 1. The van der Waals surface area contributed by atoms with Gasteiger partial charge in [-0.05, 0) is 48.9 Å². The maximum Gasteiger partial charge on any atom is 0.119 e. The van der Waals surface area contributed by atoms with E-state index in [1.165, 1.54) is 18.4 Å². The normalized spacial score (nSPS) is 21.8. The van der Waals surface area contributed by atoms with E-state index in [9.17, 15) is 0 Å². The minimum absolute atomic E-state index is 0.158. The van der Waals surface area contributed by atoms with Crippen LogP contribution in [0.5, 0.6) is 5.75 Å². The van der Waals surface area contributed by atoms with Gasteiger partial charge in [0.05, 0.1) is 13.2 Å². The molecular weight excluding hydrogens is 260 g/mol. The zero-order chi connectivity index (χ0) is 15.5. The molecule has 1 aliphatic rings. The SMILES string of the molecule is CCC(N)C(c1cccc(OC)c1)N1CCCC(C)(C)C1. The lowest BCUT2D eigenvalue weighted by molar-refractivity contribution is 0.0656. The van der Waals surface area contributed by atoms with Crippen LogP contribution in [0.3, 0.4) is 0 Å². The summed E-state index contributed by atoms with van der Waals surface area (Å²) in [6.45, 7) is 9.15. The Balaban J connectivity index is 2.29. The van der Waals surface area contributed by atoms with Crippen molar-refractivity contribution in [3.63, 3.8) is 0 Å². The predicted octanol–water partition coefficient (Wildman–Crippen LogP) is 3.60. The fourth-order valence-electron chi connectivity index (χ4n) is 3.48. The molecule has 1 aromatic rings. The van der Waals surface area contributed by atoms with Gasteiger partial charge >= 0.3 is 0 Å². The predicted molar refractivity (Wildman–Crippen MR) is 88.6 cm³/mol. The van der Waals surface area contributed by atoms with E-state index in [-0.39, 0.29) is 12.1 Å². The van der Waals surface area contributed by atoms with E-state index < -0.39 is 0 Å². The average Bonchev–Trinajstić information content (AvgIpc) is 2.46. The van der Waals surface area contributed by atoms with Gasteiger partial charge in [-0.1, -0.05) is 32.9 Å². The second-order valence-corrected chi connectivity index (χ2v) is 7.03. The Morgan fingerprint density at radius 3 is 2.76 bits per heavy atom. The van der Waals surface area contributed by atoms with Crippen molar-refractivity contribution in [2.75, 3.05) is 20.2 Å². The molecule has 0 aliphatic carbocycles. The van der Waals surface area contributed by atoms with Crippen LogP contribution in [0.1, 0.15) is 51.6 Å². The molecule has 0 bridgehead atoms. The van der Waals surface area contributed by atoms with Gasteiger partial charge < -0.3 is 10.5 Å². The molecule has 2 atom stereocenters. The van der Waals surface area contributed by atoms with E-state index in [4.69, 9.17) is 10.5 Å². The molecule has 1 fully saturated rings. The highest BCUT2D eigenvalue weighted by Gasteiger charge is 2.33. The van der Waals surface area contributed by atoms with Crippen molar-refractivity contribution in [1.29, 1.82) is 0 Å². The highest BCUT2D eigenvalue weighted by Crippen LogP contribution is 2.36. The van der Waals surface area contributed by atoms with Crippen molar-refractivity contribution in [2.45, 2.75) is 52.1 Å². The van der Waals surface area contributed by atoms with Gasteiger partial charge in [-0.3, -0.25) is 4.90 Å². The number of hydrogen-bond donors (Lipinski definition) is 1. The summed E-state index contributed by atoms with van der Waals surface area (Å²) in [6, 6.07) is 8.83. The number of methoxy groups -OCH3 is 1. The van der Waals surface area contributed by atoms with Crippen molar-refractivity contribution in [2.24, 2.45) is 11.1 Å². The van der Waals surface area contributed by atoms with Crippen LogP contribution in [-0.4, -0.2) is 31.1 Å². The molecule has 2 rings (SSSR count). The zero-order valence-electron chi connectivity index (χ0n) is 13.9. The van der Waals surface area contributed by atoms with Crippen LogP contribution in [0.15, 0.2) is 24.3 Å². The zero-order valence-corrected chi connectivity index (χ0v) is 13.9. The molecule has 21 heavy (non-hydrogen) atoms. The van der Waals surface area contributed by atoms with Crippen LogP contribution in [-0.2, 0) is 0 Å². The summed E-state index contributed by atoms with van der Waals surface area (Å²) in [5.74, 6) is 0.914. The Hall–Kier alpha value is -1.06. The highest BCUT2D eigenvalue weighted by molar-refractivity contribution is 5.31. The van der Waals surface area contributed by atoms with Crippen LogP contribution in [0.25, 0.3) is 0 Å². The average molecular weight is 290 g/mol. The minimum Gasteiger partial charge on any atom is -0.497 e. The first-order valence-electron chi connectivity index (χ1n) is 8.10. The number of nitrogens with two attached hydrogens (primary N) is 1. The molecule has 0 radical (unpaired) electrons. The Labute approximate surface area is 129 Å². The molecule has 0 aromatic heterocycles. The van der Waals surface area contributed by atoms with Crippen LogP contribution < -0.4 is 10.5 Å². The third-order valence-electron chi connectivity index (χ3n) is 4.64. The number of benzene rings is 1. The number of hydrogen-bond acceptors (Lipinski definition) is 3. The number of rotatable bonds is 5. The second kappa shape index (κ2) is 6.80. The molecule has 3 nitrogen and oxygen atoms in total. The van der Waals surface area contributed by atoms with E-state index in [0.717, 1.165) is 25.3 Å². The number of nitrogens with zero attached hydrogens (tertiary/aromatic N) is 1. The van der Waals surface area contributed by atoms with E-state index >= 15 is 0 Å². The van der Waals surface area contributed by atoms with Crippen LogP contribution in [0, 0.1) is 5.41 Å². The molecule has 1 aromatic carbocycles. The standard InChI is InChI=1S/C18H30N2O/c1-5-16(19)17(14-8-6-9-15(12-14)21-4)20-11-7-10-18(2,3)13-20/h6,8-9,12,16-17H,5,7,10-11,13,19H2,1-4H3. The Morgan fingerprint density at radius 2 is 2.14 bits per heavy atom. The van der Waals surface area contributed by atoms with Crippen LogP contribution in [0.4, 0.5) is 0 Å².